The maximum Gasteiger partial charge on any atom is 0.126 e. The number of ether oxygens (including phenoxy) is 3. The van der Waals surface area contributed by atoms with E-state index in [0.717, 1.165) is 37.1 Å². The second kappa shape index (κ2) is 33.1. The van der Waals surface area contributed by atoms with E-state index >= 15 is 0 Å². The third-order valence-electron chi connectivity index (χ3n) is 13.2. The van der Waals surface area contributed by atoms with Crippen LogP contribution >= 0.6 is 0 Å². The summed E-state index contributed by atoms with van der Waals surface area (Å²) >= 11 is 0. The van der Waals surface area contributed by atoms with E-state index in [4.69, 9.17) is 14.2 Å². The highest BCUT2D eigenvalue weighted by molar-refractivity contribution is 6.79. The lowest BCUT2D eigenvalue weighted by molar-refractivity contribution is 0.286. The fourth-order valence-corrected chi connectivity index (χ4v) is 28.1. The molecule has 0 saturated carbocycles. The average molecular weight is 980 g/mol. The molecule has 3 nitrogen and oxygen atoms in total. The van der Waals surface area contributed by atoms with E-state index in [2.05, 4.69) is 116 Å². The Morgan fingerprint density at radius 1 is 0.300 bits per heavy atom. The lowest BCUT2D eigenvalue weighted by Gasteiger charge is -2.29. The molecule has 0 aliphatic rings. The lowest BCUT2D eigenvalue weighted by atomic mass is 10.3. The SMILES string of the molecule is C[Si](C)CCC[Si](C)(CCCOc1cc(OCCC[Si](C)(CCC[Si](C)C)CCC[Si](C)C)cc(OCCC[Si](C)(CCC[Si](C)C)CCC[Si](C)C)c1)CCC[Si](C)C. The lowest BCUT2D eigenvalue weighted by Crippen LogP contribution is -2.30. The first-order chi connectivity index (χ1) is 28.2. The summed E-state index contributed by atoms with van der Waals surface area (Å²) in [7, 11) is -4.57. The van der Waals surface area contributed by atoms with Crippen LogP contribution in [0.25, 0.3) is 0 Å². The summed E-state index contributed by atoms with van der Waals surface area (Å²) in [4.78, 5) is 0. The quantitative estimate of drug-likeness (QED) is 0.0486. The summed E-state index contributed by atoms with van der Waals surface area (Å²) in [6, 6.07) is 28.7. The van der Waals surface area contributed by atoms with Gasteiger partial charge >= 0.3 is 0 Å². The van der Waals surface area contributed by atoms with Crippen LogP contribution in [0.4, 0.5) is 0 Å². The van der Waals surface area contributed by atoms with Crippen molar-refractivity contribution in [1.82, 2.24) is 0 Å². The zero-order valence-electron chi connectivity index (χ0n) is 43.0. The Balaban J connectivity index is 3.08. The van der Waals surface area contributed by atoms with E-state index in [1.54, 1.807) is 0 Å². The summed E-state index contributed by atoms with van der Waals surface area (Å²) < 4.78 is 19.9. The highest BCUT2D eigenvalue weighted by atomic mass is 28.3. The van der Waals surface area contributed by atoms with Gasteiger partial charge in [0.25, 0.3) is 0 Å². The number of hydrogen-bond acceptors (Lipinski definition) is 3. The largest absolute Gasteiger partial charge is 0.493 e. The van der Waals surface area contributed by atoms with Gasteiger partial charge in [-0.3, -0.25) is 0 Å². The molecule has 0 N–H and O–H groups in total. The summed E-state index contributed by atoms with van der Waals surface area (Å²) in [5, 5.41) is 0. The maximum atomic E-state index is 6.64. The molecular weight excluding hydrogens is 877 g/mol. The predicted octanol–water partition coefficient (Wildman–Crippen LogP) is 17.1. The van der Waals surface area contributed by atoms with Crippen molar-refractivity contribution in [2.24, 2.45) is 0 Å². The molecule has 1 aromatic rings. The molecular formula is C48H102O3Si9. The monoisotopic (exact) mass is 979 g/mol. The number of rotatable bonds is 39. The topological polar surface area (TPSA) is 27.7 Å². The molecule has 0 aliphatic carbocycles. The van der Waals surface area contributed by atoms with Crippen LogP contribution < -0.4 is 14.2 Å². The van der Waals surface area contributed by atoms with Gasteiger partial charge in [0.2, 0.25) is 0 Å². The van der Waals surface area contributed by atoms with Crippen molar-refractivity contribution in [2.75, 3.05) is 19.8 Å². The van der Waals surface area contributed by atoms with Gasteiger partial charge in [0.15, 0.2) is 0 Å². The Kier molecular flexibility index (Phi) is 32.3. The molecule has 0 heterocycles. The number of benzene rings is 1. The maximum absolute atomic E-state index is 6.64. The van der Waals surface area contributed by atoms with Crippen molar-refractivity contribution >= 4 is 77.0 Å². The molecule has 1 aromatic carbocycles. The van der Waals surface area contributed by atoms with E-state index in [-0.39, 0.29) is 52.8 Å². The van der Waals surface area contributed by atoms with Gasteiger partial charge in [-0.05, 0) is 19.3 Å². The van der Waals surface area contributed by atoms with Crippen LogP contribution in [-0.4, -0.2) is 96.8 Å². The summed E-state index contributed by atoms with van der Waals surface area (Å²) in [5.41, 5.74) is 0. The molecule has 0 aromatic heterocycles. The number of hydrogen-bond donors (Lipinski definition) is 0. The Labute approximate surface area is 390 Å². The van der Waals surface area contributed by atoms with Gasteiger partial charge in [0.05, 0.1) is 44.0 Å². The molecule has 0 amide bonds. The van der Waals surface area contributed by atoms with Crippen LogP contribution in [-0.2, 0) is 0 Å². The van der Waals surface area contributed by atoms with Crippen LogP contribution in [0.15, 0.2) is 18.2 Å². The van der Waals surface area contributed by atoms with Gasteiger partial charge in [-0.2, -0.15) is 0 Å². The van der Waals surface area contributed by atoms with Gasteiger partial charge in [-0.25, -0.2) is 0 Å². The minimum Gasteiger partial charge on any atom is -0.493 e. The summed E-state index contributed by atoms with van der Waals surface area (Å²) in [5.74, 6) is 2.83. The molecule has 0 spiro atoms. The van der Waals surface area contributed by atoms with Gasteiger partial charge in [-0.1, -0.05) is 227 Å². The van der Waals surface area contributed by atoms with Gasteiger partial charge in [0.1, 0.15) is 17.2 Å². The van der Waals surface area contributed by atoms with Crippen molar-refractivity contribution in [3.05, 3.63) is 18.2 Å². The molecule has 1 rings (SSSR count). The Bertz CT molecular complexity index is 1000. The van der Waals surface area contributed by atoms with E-state index in [0.29, 0.717) is 0 Å². The zero-order chi connectivity index (χ0) is 45.0. The van der Waals surface area contributed by atoms with Crippen LogP contribution in [0.3, 0.4) is 0 Å². The van der Waals surface area contributed by atoms with Crippen LogP contribution in [0, 0.1) is 0 Å². The molecule has 0 fully saturated rings. The minimum absolute atomic E-state index is 0.131. The van der Waals surface area contributed by atoms with E-state index < -0.39 is 24.2 Å². The molecule has 60 heavy (non-hydrogen) atoms. The molecule has 0 atom stereocenters. The molecule has 0 saturated heterocycles. The Morgan fingerprint density at radius 2 is 0.467 bits per heavy atom. The van der Waals surface area contributed by atoms with Gasteiger partial charge in [0, 0.05) is 71.0 Å². The first-order valence-corrected chi connectivity index (χ1v) is 50.6. The molecule has 0 bridgehead atoms. The van der Waals surface area contributed by atoms with Crippen molar-refractivity contribution < 1.29 is 14.2 Å². The first-order valence-electron chi connectivity index (χ1n) is 25.0. The van der Waals surface area contributed by atoms with Gasteiger partial charge in [-0.15, -0.1) is 0 Å². The standard InChI is InChI=1S/C48H102O3Si9/c1-52(2)28-19-37-58(13,38-20-29-53(3)4)34-16-25-49-46-43-47(50-26-17-35-59(14,39-21-30-54(5)6)40-22-31-55(7)8)45-48(44-46)51-27-18-36-60(15,41-23-32-56(9)10)42-24-33-57(11)12/h43-45H,16-42H2,1-15H3. The van der Waals surface area contributed by atoms with Crippen molar-refractivity contribution in [1.29, 1.82) is 0 Å². The van der Waals surface area contributed by atoms with Crippen LogP contribution in [0.1, 0.15) is 57.8 Å². The molecule has 348 valence electrons. The third kappa shape index (κ3) is 31.4. The average Bonchev–Trinajstić information content (AvgIpc) is 3.13. The normalized spacial score (nSPS) is 12.9. The van der Waals surface area contributed by atoms with Gasteiger partial charge < -0.3 is 14.2 Å². The summed E-state index contributed by atoms with van der Waals surface area (Å²) in [6.07, 6.45) is 12.3. The Hall–Kier alpha value is 0.572. The van der Waals surface area contributed by atoms with Crippen molar-refractivity contribution in [3.63, 3.8) is 0 Å². The van der Waals surface area contributed by atoms with E-state index in [1.165, 1.54) is 148 Å². The fourth-order valence-electron chi connectivity index (χ4n) is 9.20. The highest BCUT2D eigenvalue weighted by Gasteiger charge is 2.28. The van der Waals surface area contributed by atoms with Crippen molar-refractivity contribution in [3.8, 4) is 17.2 Å². The predicted molar refractivity (Wildman–Crippen MR) is 296 cm³/mol. The minimum atomic E-state index is -1.26. The second-order valence-electron chi connectivity index (χ2n) is 22.3. The summed E-state index contributed by atoms with van der Waals surface area (Å²) in [6.45, 7) is 40.5. The molecule has 0 aliphatic heterocycles. The second-order valence-corrected chi connectivity index (χ2v) is 55.1. The fraction of sp³-hybridized carbons (Fsp3) is 0.875. The smallest absolute Gasteiger partial charge is 0.126 e. The first kappa shape index (κ1) is 58.6. The molecule has 0 unspecified atom stereocenters. The van der Waals surface area contributed by atoms with E-state index in [9.17, 15) is 0 Å². The highest BCUT2D eigenvalue weighted by Crippen LogP contribution is 2.34. The van der Waals surface area contributed by atoms with E-state index in [1.807, 2.05) is 0 Å². The van der Waals surface area contributed by atoms with Crippen LogP contribution in [0.2, 0.25) is 189 Å². The molecule has 6 radical (unpaired) electrons. The third-order valence-corrected chi connectivity index (χ3v) is 35.3. The Morgan fingerprint density at radius 3 is 0.633 bits per heavy atom. The van der Waals surface area contributed by atoms with Crippen molar-refractivity contribution in [2.45, 2.75) is 247 Å². The van der Waals surface area contributed by atoms with Crippen LogP contribution in [0.5, 0.6) is 17.2 Å². The molecule has 12 heteroatoms. The zero-order valence-corrected chi connectivity index (χ0v) is 52.0.